The van der Waals surface area contributed by atoms with Crippen molar-refractivity contribution in [3.05, 3.63) is 35.5 Å². The molecule has 2 aromatic rings. The molecule has 1 unspecified atom stereocenters. The molecule has 4 rings (SSSR count). The van der Waals surface area contributed by atoms with Crippen molar-refractivity contribution in [2.24, 2.45) is 5.92 Å². The third-order valence-corrected chi connectivity index (χ3v) is 5.49. The summed E-state index contributed by atoms with van der Waals surface area (Å²) >= 11 is 6.12. The molecule has 1 atom stereocenters. The van der Waals surface area contributed by atoms with Gasteiger partial charge in [0.05, 0.1) is 6.20 Å². The van der Waals surface area contributed by atoms with Gasteiger partial charge in [0.1, 0.15) is 0 Å². The van der Waals surface area contributed by atoms with Gasteiger partial charge in [0, 0.05) is 50.0 Å². The van der Waals surface area contributed by atoms with Crippen LogP contribution in [0.1, 0.15) is 19.8 Å². The largest absolute Gasteiger partial charge is 0.368 e. The average molecular weight is 373 g/mol. The van der Waals surface area contributed by atoms with Crippen molar-refractivity contribution in [1.82, 2.24) is 15.2 Å². The van der Waals surface area contributed by atoms with Gasteiger partial charge in [-0.25, -0.2) is 0 Å². The zero-order valence-electron chi connectivity index (χ0n) is 15.2. The summed E-state index contributed by atoms with van der Waals surface area (Å²) in [5.74, 6) is 2.39. The number of piperazine rings is 1. The number of piperidine rings is 1. The van der Waals surface area contributed by atoms with Gasteiger partial charge in [0.2, 0.25) is 5.95 Å². The van der Waals surface area contributed by atoms with Crippen molar-refractivity contribution in [3.8, 4) is 0 Å². The zero-order chi connectivity index (χ0) is 17.9. The van der Waals surface area contributed by atoms with Gasteiger partial charge in [0.25, 0.3) is 0 Å². The van der Waals surface area contributed by atoms with E-state index >= 15 is 0 Å². The summed E-state index contributed by atoms with van der Waals surface area (Å²) in [4.78, 5) is 11.7. The molecule has 0 aliphatic carbocycles. The normalized spacial score (nSPS) is 21.2. The van der Waals surface area contributed by atoms with Crippen LogP contribution < -0.4 is 14.7 Å². The van der Waals surface area contributed by atoms with Crippen molar-refractivity contribution in [3.63, 3.8) is 0 Å². The Balaban J connectivity index is 1.42. The maximum absolute atomic E-state index is 6.12. The first-order chi connectivity index (χ1) is 12.7. The molecule has 0 saturated carbocycles. The highest BCUT2D eigenvalue weighted by Crippen LogP contribution is 2.24. The third kappa shape index (κ3) is 3.85. The minimum absolute atomic E-state index is 0.692. The van der Waals surface area contributed by atoms with Crippen LogP contribution in [0.5, 0.6) is 0 Å². The smallest absolute Gasteiger partial charge is 0.247 e. The monoisotopic (exact) mass is 372 g/mol. The van der Waals surface area contributed by atoms with E-state index in [0.29, 0.717) is 5.92 Å². The summed E-state index contributed by atoms with van der Waals surface area (Å²) in [5, 5.41) is 9.28. The second-order valence-corrected chi connectivity index (χ2v) is 7.70. The van der Waals surface area contributed by atoms with Crippen molar-refractivity contribution >= 4 is 29.1 Å². The summed E-state index contributed by atoms with van der Waals surface area (Å²) in [6.07, 6.45) is 4.27. The Hall–Kier alpha value is -2.08. The number of hydrogen-bond acceptors (Lipinski definition) is 6. The quantitative estimate of drug-likeness (QED) is 0.825. The summed E-state index contributed by atoms with van der Waals surface area (Å²) in [6.45, 7) is 8.06. The summed E-state index contributed by atoms with van der Waals surface area (Å²) in [5.41, 5.74) is 1.18. The molecule has 0 amide bonds. The Labute approximate surface area is 159 Å². The van der Waals surface area contributed by atoms with E-state index in [4.69, 9.17) is 16.6 Å². The van der Waals surface area contributed by atoms with E-state index in [2.05, 4.69) is 37.9 Å². The van der Waals surface area contributed by atoms with Crippen molar-refractivity contribution in [2.75, 3.05) is 54.0 Å². The number of halogens is 1. The fourth-order valence-corrected chi connectivity index (χ4v) is 3.99. The van der Waals surface area contributed by atoms with Crippen LogP contribution in [0.4, 0.5) is 17.5 Å². The Bertz CT molecular complexity index is 746. The lowest BCUT2D eigenvalue weighted by atomic mass is 10.0. The van der Waals surface area contributed by atoms with E-state index in [-0.39, 0.29) is 0 Å². The van der Waals surface area contributed by atoms with Gasteiger partial charge in [-0.05, 0) is 37.0 Å². The molecular weight excluding hydrogens is 348 g/mol. The van der Waals surface area contributed by atoms with Gasteiger partial charge in [-0.2, -0.15) is 10.1 Å². The number of nitrogens with zero attached hydrogens (tertiary/aromatic N) is 6. The van der Waals surface area contributed by atoms with Crippen LogP contribution in [-0.2, 0) is 0 Å². The molecule has 0 bridgehead atoms. The summed E-state index contributed by atoms with van der Waals surface area (Å²) in [6, 6.07) is 8.06. The SMILES string of the molecule is CC1CCCN(c2nncc(N3CCN(c4cccc(Cl)c4)CC3)n2)C1. The first-order valence-electron chi connectivity index (χ1n) is 9.39. The van der Waals surface area contributed by atoms with Gasteiger partial charge in [-0.3, -0.25) is 0 Å². The number of rotatable bonds is 3. The topological polar surface area (TPSA) is 48.4 Å². The molecule has 26 heavy (non-hydrogen) atoms. The number of anilines is 3. The number of benzene rings is 1. The van der Waals surface area contributed by atoms with Crippen molar-refractivity contribution in [1.29, 1.82) is 0 Å². The maximum Gasteiger partial charge on any atom is 0.247 e. The molecule has 0 N–H and O–H groups in total. The second kappa shape index (κ2) is 7.66. The number of hydrogen-bond donors (Lipinski definition) is 0. The van der Waals surface area contributed by atoms with Crippen LogP contribution in [0.2, 0.25) is 5.02 Å². The summed E-state index contributed by atoms with van der Waals surface area (Å²) in [7, 11) is 0. The lowest BCUT2D eigenvalue weighted by Crippen LogP contribution is -2.47. The Morgan fingerprint density at radius 2 is 1.85 bits per heavy atom. The Morgan fingerprint density at radius 3 is 2.62 bits per heavy atom. The molecule has 6 nitrogen and oxygen atoms in total. The lowest BCUT2D eigenvalue weighted by molar-refractivity contribution is 0.440. The van der Waals surface area contributed by atoms with Gasteiger partial charge in [-0.1, -0.05) is 24.6 Å². The molecule has 0 spiro atoms. The van der Waals surface area contributed by atoms with E-state index in [1.807, 2.05) is 18.2 Å². The van der Waals surface area contributed by atoms with Crippen LogP contribution in [0.3, 0.4) is 0 Å². The molecular formula is C19H25ClN6. The predicted octanol–water partition coefficient (Wildman–Crippen LogP) is 3.09. The minimum atomic E-state index is 0.692. The first-order valence-corrected chi connectivity index (χ1v) is 9.77. The molecule has 2 fully saturated rings. The molecule has 138 valence electrons. The average Bonchev–Trinajstić information content (AvgIpc) is 2.68. The van der Waals surface area contributed by atoms with Gasteiger partial charge < -0.3 is 14.7 Å². The van der Waals surface area contributed by atoms with E-state index in [9.17, 15) is 0 Å². The Kier molecular flexibility index (Phi) is 5.11. The maximum atomic E-state index is 6.12. The fraction of sp³-hybridized carbons (Fsp3) is 0.526. The molecule has 1 aromatic heterocycles. The van der Waals surface area contributed by atoms with E-state index in [0.717, 1.165) is 56.1 Å². The second-order valence-electron chi connectivity index (χ2n) is 7.26. The predicted molar refractivity (Wildman–Crippen MR) is 106 cm³/mol. The van der Waals surface area contributed by atoms with E-state index in [1.54, 1.807) is 6.20 Å². The third-order valence-electron chi connectivity index (χ3n) is 5.25. The molecule has 1 aromatic carbocycles. The van der Waals surface area contributed by atoms with Gasteiger partial charge >= 0.3 is 0 Å². The van der Waals surface area contributed by atoms with E-state index in [1.165, 1.54) is 18.5 Å². The highest BCUT2D eigenvalue weighted by Gasteiger charge is 2.22. The highest BCUT2D eigenvalue weighted by molar-refractivity contribution is 6.30. The molecule has 0 radical (unpaired) electrons. The van der Waals surface area contributed by atoms with Gasteiger partial charge in [0.15, 0.2) is 5.82 Å². The Morgan fingerprint density at radius 1 is 1.04 bits per heavy atom. The molecule has 3 heterocycles. The first kappa shape index (κ1) is 17.3. The fourth-order valence-electron chi connectivity index (χ4n) is 3.81. The summed E-state index contributed by atoms with van der Waals surface area (Å²) < 4.78 is 0. The molecule has 2 aliphatic heterocycles. The van der Waals surface area contributed by atoms with Crippen LogP contribution in [-0.4, -0.2) is 54.4 Å². The van der Waals surface area contributed by atoms with Crippen molar-refractivity contribution < 1.29 is 0 Å². The minimum Gasteiger partial charge on any atom is -0.368 e. The lowest BCUT2D eigenvalue weighted by Gasteiger charge is -2.37. The van der Waals surface area contributed by atoms with Crippen LogP contribution in [0, 0.1) is 5.92 Å². The van der Waals surface area contributed by atoms with E-state index < -0.39 is 0 Å². The number of aromatic nitrogens is 3. The van der Waals surface area contributed by atoms with Crippen LogP contribution >= 0.6 is 11.6 Å². The standard InChI is InChI=1S/C19H25ClN6/c1-15-4-3-7-26(14-15)19-22-18(13-21-23-19)25-10-8-24(9-11-25)17-6-2-5-16(20)12-17/h2,5-6,12-13,15H,3-4,7-11,14H2,1H3. The molecule has 2 aliphatic rings. The molecule has 7 heteroatoms. The highest BCUT2D eigenvalue weighted by atomic mass is 35.5. The molecule has 2 saturated heterocycles. The zero-order valence-corrected chi connectivity index (χ0v) is 15.9. The van der Waals surface area contributed by atoms with Gasteiger partial charge in [-0.15, -0.1) is 5.10 Å². The van der Waals surface area contributed by atoms with Crippen LogP contribution in [0.15, 0.2) is 30.5 Å². The van der Waals surface area contributed by atoms with Crippen LogP contribution in [0.25, 0.3) is 0 Å². The van der Waals surface area contributed by atoms with Crippen molar-refractivity contribution in [2.45, 2.75) is 19.8 Å².